The van der Waals surface area contributed by atoms with Crippen molar-refractivity contribution in [3.63, 3.8) is 0 Å². The van der Waals surface area contributed by atoms with Gasteiger partial charge in [-0.15, -0.1) is 0 Å². The van der Waals surface area contributed by atoms with E-state index >= 15 is 0 Å². The first kappa shape index (κ1) is 10.5. The van der Waals surface area contributed by atoms with E-state index in [1.54, 1.807) is 0 Å². The van der Waals surface area contributed by atoms with Crippen molar-refractivity contribution in [1.29, 1.82) is 0 Å². The lowest BCUT2D eigenvalue weighted by molar-refractivity contribution is -0.142. The van der Waals surface area contributed by atoms with E-state index in [2.05, 4.69) is 0 Å². The van der Waals surface area contributed by atoms with Gasteiger partial charge in [-0.25, -0.2) is 0 Å². The van der Waals surface area contributed by atoms with Gasteiger partial charge in [-0.3, -0.25) is 4.79 Å². The van der Waals surface area contributed by atoms with Gasteiger partial charge in [0.25, 0.3) is 0 Å². The Hall–Kier alpha value is -0.610. The van der Waals surface area contributed by atoms with Crippen LogP contribution < -0.4 is 0 Å². The number of carboxylic acids is 1. The lowest BCUT2D eigenvalue weighted by Gasteiger charge is -2.09. The van der Waals surface area contributed by atoms with Gasteiger partial charge in [-0.2, -0.15) is 0 Å². The molecule has 76 valence electrons. The third-order valence-electron chi connectivity index (χ3n) is 2.36. The first-order valence-electron chi connectivity index (χ1n) is 4.72. The Kier molecular flexibility index (Phi) is 4.18. The number of aliphatic hydroxyl groups is 1. The van der Waals surface area contributed by atoms with E-state index < -0.39 is 12.3 Å². The Bertz CT molecular complexity index is 169. The van der Waals surface area contributed by atoms with Gasteiger partial charge >= 0.3 is 5.97 Å². The zero-order valence-electron chi connectivity index (χ0n) is 7.61. The third kappa shape index (κ3) is 3.74. The van der Waals surface area contributed by atoms with Crippen LogP contribution in [0, 0.1) is 5.92 Å². The second-order valence-electron chi connectivity index (χ2n) is 3.43. The summed E-state index contributed by atoms with van der Waals surface area (Å²) in [6, 6.07) is 0. The van der Waals surface area contributed by atoms with Gasteiger partial charge in [0.1, 0.15) is 0 Å². The summed E-state index contributed by atoms with van der Waals surface area (Å²) in [5.74, 6) is -0.981. The Labute approximate surface area is 77.5 Å². The zero-order valence-corrected chi connectivity index (χ0v) is 7.61. The topological polar surface area (TPSA) is 66.8 Å². The highest BCUT2D eigenvalue weighted by molar-refractivity contribution is 5.69. The van der Waals surface area contributed by atoms with Crippen molar-refractivity contribution in [3.05, 3.63) is 0 Å². The first-order chi connectivity index (χ1) is 6.20. The molecule has 1 heterocycles. The summed E-state index contributed by atoms with van der Waals surface area (Å²) in [6.45, 7) is 0.463. The van der Waals surface area contributed by atoms with Crippen LogP contribution >= 0.6 is 0 Å². The Balaban J connectivity index is 2.38. The molecule has 2 atom stereocenters. The number of rotatable bonds is 1. The van der Waals surface area contributed by atoms with Crippen molar-refractivity contribution in [2.24, 2.45) is 5.92 Å². The normalized spacial score (nSPS) is 31.5. The molecule has 1 rings (SSSR count). The quantitative estimate of drug-likeness (QED) is 0.644. The molecule has 1 aliphatic rings. The minimum absolute atomic E-state index is 0.256. The van der Waals surface area contributed by atoms with Crippen LogP contribution in [0.2, 0.25) is 0 Å². The fraction of sp³-hybridized carbons (Fsp3) is 0.889. The van der Waals surface area contributed by atoms with Crippen LogP contribution in [-0.2, 0) is 9.53 Å². The van der Waals surface area contributed by atoms with E-state index in [9.17, 15) is 9.90 Å². The zero-order chi connectivity index (χ0) is 9.68. The first-order valence-corrected chi connectivity index (χ1v) is 4.72. The van der Waals surface area contributed by atoms with Crippen molar-refractivity contribution in [2.45, 2.75) is 38.4 Å². The fourth-order valence-electron chi connectivity index (χ4n) is 1.56. The molecular formula is C9H16O4. The maximum absolute atomic E-state index is 10.7. The Morgan fingerprint density at radius 1 is 1.23 bits per heavy atom. The molecular weight excluding hydrogens is 172 g/mol. The monoisotopic (exact) mass is 188 g/mol. The maximum atomic E-state index is 10.7. The lowest BCUT2D eigenvalue weighted by atomic mass is 9.97. The molecule has 0 bridgehead atoms. The summed E-state index contributed by atoms with van der Waals surface area (Å²) >= 11 is 0. The SMILES string of the molecule is O=C(O)C1CCCOC(O)CCC1. The highest BCUT2D eigenvalue weighted by atomic mass is 16.6. The number of carboxylic acid groups (broad SMARTS) is 1. The number of hydrogen-bond acceptors (Lipinski definition) is 3. The van der Waals surface area contributed by atoms with Crippen molar-refractivity contribution >= 4 is 5.97 Å². The number of carbonyl (C=O) groups is 1. The fourth-order valence-corrected chi connectivity index (χ4v) is 1.56. The van der Waals surface area contributed by atoms with Crippen molar-refractivity contribution in [3.8, 4) is 0 Å². The van der Waals surface area contributed by atoms with Gasteiger partial charge in [0.05, 0.1) is 5.92 Å². The van der Waals surface area contributed by atoms with Gasteiger partial charge in [-0.05, 0) is 32.1 Å². The van der Waals surface area contributed by atoms with Gasteiger partial charge in [0, 0.05) is 6.61 Å². The Morgan fingerprint density at radius 3 is 2.62 bits per heavy atom. The summed E-state index contributed by atoms with van der Waals surface area (Å²) < 4.78 is 5.05. The second-order valence-corrected chi connectivity index (χ2v) is 3.43. The van der Waals surface area contributed by atoms with Crippen LogP contribution in [0.1, 0.15) is 32.1 Å². The molecule has 2 N–H and O–H groups in total. The van der Waals surface area contributed by atoms with Crippen molar-refractivity contribution in [1.82, 2.24) is 0 Å². The molecule has 0 aromatic rings. The van der Waals surface area contributed by atoms with E-state index in [1.165, 1.54) is 0 Å². The number of aliphatic hydroxyl groups excluding tert-OH is 1. The predicted octanol–water partition coefficient (Wildman–Crippen LogP) is 0.986. The molecule has 0 aromatic carbocycles. The van der Waals surface area contributed by atoms with Gasteiger partial charge < -0.3 is 14.9 Å². The van der Waals surface area contributed by atoms with E-state index in [0.717, 1.165) is 6.42 Å². The standard InChI is InChI=1S/C9H16O4/c10-8-5-1-3-7(9(11)12)4-2-6-13-8/h7-8,10H,1-6H2,(H,11,12). The van der Waals surface area contributed by atoms with Gasteiger partial charge in [-0.1, -0.05) is 0 Å². The Morgan fingerprint density at radius 2 is 1.92 bits per heavy atom. The summed E-state index contributed by atoms with van der Waals surface area (Å²) in [5.41, 5.74) is 0. The molecule has 0 spiro atoms. The molecule has 0 aromatic heterocycles. The highest BCUT2D eigenvalue weighted by Crippen LogP contribution is 2.18. The maximum Gasteiger partial charge on any atom is 0.306 e. The van der Waals surface area contributed by atoms with E-state index in [4.69, 9.17) is 9.84 Å². The molecule has 0 radical (unpaired) electrons. The average Bonchev–Trinajstić information content (AvgIpc) is 2.16. The van der Waals surface area contributed by atoms with Gasteiger partial charge in [0.15, 0.2) is 6.29 Å². The minimum Gasteiger partial charge on any atom is -0.481 e. The number of aliphatic carboxylic acids is 1. The molecule has 13 heavy (non-hydrogen) atoms. The van der Waals surface area contributed by atoms with E-state index in [1.807, 2.05) is 0 Å². The summed E-state index contributed by atoms with van der Waals surface area (Å²) in [7, 11) is 0. The van der Waals surface area contributed by atoms with Crippen LogP contribution in [-0.4, -0.2) is 29.1 Å². The largest absolute Gasteiger partial charge is 0.481 e. The molecule has 4 nitrogen and oxygen atoms in total. The van der Waals surface area contributed by atoms with Crippen molar-refractivity contribution in [2.75, 3.05) is 6.61 Å². The smallest absolute Gasteiger partial charge is 0.306 e. The summed E-state index contributed by atoms with van der Waals surface area (Å²) in [4.78, 5) is 10.7. The van der Waals surface area contributed by atoms with Crippen molar-refractivity contribution < 1.29 is 19.7 Å². The molecule has 0 amide bonds. The molecule has 0 aliphatic carbocycles. The average molecular weight is 188 g/mol. The summed E-state index contributed by atoms with van der Waals surface area (Å²) in [6.07, 6.45) is 2.58. The van der Waals surface area contributed by atoms with Crippen LogP contribution in [0.15, 0.2) is 0 Å². The van der Waals surface area contributed by atoms with Crippen LogP contribution in [0.5, 0.6) is 0 Å². The molecule has 1 saturated heterocycles. The lowest BCUT2D eigenvalue weighted by Crippen LogP contribution is -2.13. The van der Waals surface area contributed by atoms with E-state index in [0.29, 0.717) is 32.3 Å². The molecule has 1 aliphatic heterocycles. The minimum atomic E-state index is -0.726. The third-order valence-corrected chi connectivity index (χ3v) is 2.36. The number of hydrogen-bond donors (Lipinski definition) is 2. The van der Waals surface area contributed by atoms with Crippen LogP contribution in [0.3, 0.4) is 0 Å². The highest BCUT2D eigenvalue weighted by Gasteiger charge is 2.19. The molecule has 4 heteroatoms. The molecule has 1 fully saturated rings. The second kappa shape index (κ2) is 5.19. The van der Waals surface area contributed by atoms with Crippen LogP contribution in [0.25, 0.3) is 0 Å². The number of ether oxygens (including phenoxy) is 1. The van der Waals surface area contributed by atoms with E-state index in [-0.39, 0.29) is 5.92 Å². The van der Waals surface area contributed by atoms with Crippen LogP contribution in [0.4, 0.5) is 0 Å². The summed E-state index contributed by atoms with van der Waals surface area (Å²) in [5, 5.41) is 18.0. The predicted molar refractivity (Wildman–Crippen MR) is 46.2 cm³/mol. The molecule has 0 saturated carbocycles. The molecule has 2 unspecified atom stereocenters. The van der Waals surface area contributed by atoms with Gasteiger partial charge in [0.2, 0.25) is 0 Å².